The minimum atomic E-state index is -0.140. The van der Waals surface area contributed by atoms with E-state index in [2.05, 4.69) is 32.8 Å². The third kappa shape index (κ3) is 4.82. The molecule has 0 heterocycles. The van der Waals surface area contributed by atoms with Crippen molar-refractivity contribution in [3.63, 3.8) is 0 Å². The molecule has 194 valence electrons. The summed E-state index contributed by atoms with van der Waals surface area (Å²) in [4.78, 5) is 15.1. The number of carbonyl (C=O) groups excluding carboxylic acids is 1. The van der Waals surface area contributed by atoms with Crippen molar-refractivity contribution in [2.45, 2.75) is 90.3 Å². The lowest BCUT2D eigenvalue weighted by molar-refractivity contribution is -0.141. The van der Waals surface area contributed by atoms with E-state index >= 15 is 0 Å². The van der Waals surface area contributed by atoms with Crippen molar-refractivity contribution < 1.29 is 14.3 Å². The standard InChI is InChI=1S/C31H47NO3/c1-30-17-15-24(34-20-8-19-32(3)4)21-23(30)11-12-25-26-13-14-28(31(26,2)18-16-27(25)30)35-29(33)22-9-6-5-7-10-22/h5-7,9-10,23-28H,8,11-21H2,1-4H3/t23?,24?,25?,26?,27?,28-,30-,31?/m0/s1. The van der Waals surface area contributed by atoms with Crippen LogP contribution in [-0.2, 0) is 9.47 Å². The van der Waals surface area contributed by atoms with Crippen LogP contribution in [0.2, 0.25) is 0 Å². The van der Waals surface area contributed by atoms with Gasteiger partial charge in [0.1, 0.15) is 6.10 Å². The molecule has 1 aromatic rings. The molecule has 0 bridgehead atoms. The van der Waals surface area contributed by atoms with Gasteiger partial charge in [0.25, 0.3) is 0 Å². The Morgan fingerprint density at radius 1 is 0.943 bits per heavy atom. The van der Waals surface area contributed by atoms with Crippen molar-refractivity contribution in [1.82, 2.24) is 4.90 Å². The molecule has 6 unspecified atom stereocenters. The van der Waals surface area contributed by atoms with Crippen molar-refractivity contribution in [1.29, 1.82) is 0 Å². The molecule has 4 saturated carbocycles. The highest BCUT2D eigenvalue weighted by Gasteiger charge is 2.61. The molecule has 0 saturated heterocycles. The third-order valence-corrected chi connectivity index (χ3v) is 10.9. The van der Waals surface area contributed by atoms with Gasteiger partial charge in [0.15, 0.2) is 0 Å². The molecule has 4 aliphatic rings. The third-order valence-electron chi connectivity index (χ3n) is 10.9. The number of benzene rings is 1. The van der Waals surface area contributed by atoms with Crippen molar-refractivity contribution in [3.05, 3.63) is 35.9 Å². The summed E-state index contributed by atoms with van der Waals surface area (Å²) in [6.45, 7) is 7.08. The number of hydrogen-bond acceptors (Lipinski definition) is 4. The minimum Gasteiger partial charge on any atom is -0.458 e. The Kier molecular flexibility index (Phi) is 7.34. The maximum atomic E-state index is 12.9. The van der Waals surface area contributed by atoms with Gasteiger partial charge in [0.05, 0.1) is 11.7 Å². The van der Waals surface area contributed by atoms with Crippen LogP contribution < -0.4 is 0 Å². The molecule has 35 heavy (non-hydrogen) atoms. The first-order chi connectivity index (χ1) is 16.8. The van der Waals surface area contributed by atoms with Gasteiger partial charge in [-0.05, 0) is 126 Å². The zero-order valence-electron chi connectivity index (χ0n) is 22.5. The molecule has 1 aromatic carbocycles. The van der Waals surface area contributed by atoms with E-state index in [1.807, 2.05) is 30.3 Å². The van der Waals surface area contributed by atoms with E-state index in [-0.39, 0.29) is 17.5 Å². The first-order valence-corrected chi connectivity index (χ1v) is 14.3. The molecule has 0 aliphatic heterocycles. The van der Waals surface area contributed by atoms with Gasteiger partial charge in [-0.15, -0.1) is 0 Å². The molecular weight excluding hydrogens is 434 g/mol. The quantitative estimate of drug-likeness (QED) is 0.325. The molecule has 4 heteroatoms. The van der Waals surface area contributed by atoms with E-state index in [4.69, 9.17) is 9.47 Å². The number of carbonyl (C=O) groups is 1. The highest BCUT2D eigenvalue weighted by atomic mass is 16.5. The summed E-state index contributed by atoms with van der Waals surface area (Å²) in [5, 5.41) is 0. The van der Waals surface area contributed by atoms with Gasteiger partial charge < -0.3 is 14.4 Å². The summed E-state index contributed by atoms with van der Waals surface area (Å²) in [6, 6.07) is 9.54. The Bertz CT molecular complexity index is 871. The van der Waals surface area contributed by atoms with E-state index in [1.54, 1.807) is 0 Å². The first kappa shape index (κ1) is 25.3. The van der Waals surface area contributed by atoms with Crippen molar-refractivity contribution in [3.8, 4) is 0 Å². The molecule has 4 fully saturated rings. The molecule has 5 rings (SSSR count). The van der Waals surface area contributed by atoms with Crippen LogP contribution in [0.4, 0.5) is 0 Å². The fraction of sp³-hybridized carbons (Fsp3) is 0.774. The van der Waals surface area contributed by atoms with E-state index in [0.29, 0.717) is 23.0 Å². The summed E-state index contributed by atoms with van der Waals surface area (Å²) in [5.74, 6) is 3.01. The summed E-state index contributed by atoms with van der Waals surface area (Å²) >= 11 is 0. The monoisotopic (exact) mass is 481 g/mol. The molecule has 8 atom stereocenters. The Labute approximate surface area is 213 Å². The summed E-state index contributed by atoms with van der Waals surface area (Å²) in [7, 11) is 4.28. The Balaban J connectivity index is 1.21. The molecule has 0 amide bonds. The van der Waals surface area contributed by atoms with Crippen LogP contribution in [0.15, 0.2) is 30.3 Å². The van der Waals surface area contributed by atoms with Crippen LogP contribution in [-0.4, -0.2) is 50.3 Å². The second kappa shape index (κ2) is 10.2. The fourth-order valence-corrected chi connectivity index (χ4v) is 8.92. The Morgan fingerprint density at radius 2 is 1.69 bits per heavy atom. The molecule has 0 spiro atoms. The zero-order valence-corrected chi connectivity index (χ0v) is 22.5. The van der Waals surface area contributed by atoms with Gasteiger partial charge in [-0.1, -0.05) is 32.0 Å². The maximum Gasteiger partial charge on any atom is 0.338 e. The summed E-state index contributed by atoms with van der Waals surface area (Å²) in [6.07, 6.45) is 13.0. The second-order valence-electron chi connectivity index (χ2n) is 13.0. The Hall–Kier alpha value is -1.39. The number of esters is 1. The van der Waals surface area contributed by atoms with Gasteiger partial charge in [-0.2, -0.15) is 0 Å². The Morgan fingerprint density at radius 3 is 2.46 bits per heavy atom. The van der Waals surface area contributed by atoms with Crippen LogP contribution in [0.25, 0.3) is 0 Å². The highest BCUT2D eigenvalue weighted by molar-refractivity contribution is 5.89. The maximum absolute atomic E-state index is 12.9. The lowest BCUT2D eigenvalue weighted by atomic mass is 9.45. The summed E-state index contributed by atoms with van der Waals surface area (Å²) in [5.41, 5.74) is 1.29. The minimum absolute atomic E-state index is 0.0676. The van der Waals surface area contributed by atoms with E-state index in [1.165, 1.54) is 51.4 Å². The van der Waals surface area contributed by atoms with Crippen LogP contribution in [0.5, 0.6) is 0 Å². The molecule has 0 N–H and O–H groups in total. The predicted octanol–water partition coefficient (Wildman–Crippen LogP) is 6.59. The van der Waals surface area contributed by atoms with Crippen molar-refractivity contribution in [2.75, 3.05) is 27.2 Å². The lowest BCUT2D eigenvalue weighted by Gasteiger charge is -2.60. The SMILES string of the molecule is CN(C)CCCOC1CC[C@@]2(C)C(CCC3C4CC[C@H](OC(=O)c5ccccc5)C4(C)CCC32)C1. The number of hydrogen-bond donors (Lipinski definition) is 0. The number of rotatable bonds is 7. The lowest BCUT2D eigenvalue weighted by Crippen LogP contribution is -2.54. The van der Waals surface area contributed by atoms with Crippen LogP contribution in [0.1, 0.15) is 88.4 Å². The van der Waals surface area contributed by atoms with Gasteiger partial charge in [-0.3, -0.25) is 0 Å². The average molecular weight is 482 g/mol. The van der Waals surface area contributed by atoms with Gasteiger partial charge >= 0.3 is 5.97 Å². The predicted molar refractivity (Wildman–Crippen MR) is 140 cm³/mol. The smallest absolute Gasteiger partial charge is 0.338 e. The molecule has 4 nitrogen and oxygen atoms in total. The van der Waals surface area contributed by atoms with Crippen molar-refractivity contribution in [2.24, 2.45) is 34.5 Å². The highest BCUT2D eigenvalue weighted by Crippen LogP contribution is 2.66. The fourth-order valence-electron chi connectivity index (χ4n) is 8.92. The van der Waals surface area contributed by atoms with E-state index in [0.717, 1.165) is 43.7 Å². The van der Waals surface area contributed by atoms with E-state index < -0.39 is 0 Å². The van der Waals surface area contributed by atoms with Crippen LogP contribution in [0.3, 0.4) is 0 Å². The van der Waals surface area contributed by atoms with Crippen molar-refractivity contribution >= 4 is 5.97 Å². The van der Waals surface area contributed by atoms with Gasteiger partial charge in [0, 0.05) is 12.0 Å². The molecular formula is C31H47NO3. The number of nitrogens with zero attached hydrogens (tertiary/aromatic N) is 1. The van der Waals surface area contributed by atoms with Crippen LogP contribution in [0, 0.1) is 34.5 Å². The summed E-state index contributed by atoms with van der Waals surface area (Å²) < 4.78 is 12.6. The van der Waals surface area contributed by atoms with E-state index in [9.17, 15) is 4.79 Å². The number of ether oxygens (including phenoxy) is 2. The van der Waals surface area contributed by atoms with Gasteiger partial charge in [-0.25, -0.2) is 4.79 Å². The van der Waals surface area contributed by atoms with Gasteiger partial charge in [0.2, 0.25) is 0 Å². The molecule has 0 aromatic heterocycles. The molecule has 4 aliphatic carbocycles. The normalized spacial score (nSPS) is 40.6. The number of fused-ring (bicyclic) bond motifs is 5. The zero-order chi connectivity index (χ0) is 24.6. The topological polar surface area (TPSA) is 38.8 Å². The largest absolute Gasteiger partial charge is 0.458 e. The second-order valence-corrected chi connectivity index (χ2v) is 13.0. The van der Waals surface area contributed by atoms with Crippen LogP contribution >= 0.6 is 0 Å². The first-order valence-electron chi connectivity index (χ1n) is 14.3. The average Bonchev–Trinajstić information content (AvgIpc) is 3.18. The molecule has 0 radical (unpaired) electrons.